The van der Waals surface area contributed by atoms with Crippen LogP contribution in [0.1, 0.15) is 87.3 Å². The Morgan fingerprint density at radius 2 is 1.41 bits per heavy atom. The van der Waals surface area contributed by atoms with Crippen LogP contribution in [0.15, 0.2) is 79.4 Å². The summed E-state index contributed by atoms with van der Waals surface area (Å²) in [6, 6.07) is 18.5. The third-order valence-electron chi connectivity index (χ3n) is 8.58. The average molecular weight is 559 g/mol. The lowest BCUT2D eigenvalue weighted by atomic mass is 9.81. The summed E-state index contributed by atoms with van der Waals surface area (Å²) in [5, 5.41) is 6.78. The highest BCUT2D eigenvalue weighted by Gasteiger charge is 2.39. The summed E-state index contributed by atoms with van der Waals surface area (Å²) in [5.74, 6) is -0.352. The molecule has 1 unspecified atom stereocenters. The van der Waals surface area contributed by atoms with Crippen molar-refractivity contribution in [2.24, 2.45) is 0 Å². The summed E-state index contributed by atoms with van der Waals surface area (Å²) in [6.07, 6.45) is 7.65. The number of hydrogen-bond donors (Lipinski definition) is 2. The first-order valence-corrected chi connectivity index (χ1v) is 15.1. The van der Waals surface area contributed by atoms with Gasteiger partial charge in [0.25, 0.3) is 0 Å². The number of nitrogens with one attached hydrogen (secondary N) is 2. The first kappa shape index (κ1) is 30.7. The molecule has 2 aromatic rings. The van der Waals surface area contributed by atoms with Gasteiger partial charge in [-0.3, -0.25) is 9.59 Å². The van der Waals surface area contributed by atoms with Crippen molar-refractivity contribution in [3.05, 3.63) is 96.1 Å². The Morgan fingerprint density at radius 1 is 0.854 bits per heavy atom. The molecule has 0 spiro atoms. The lowest BCUT2D eigenvalue weighted by Gasteiger charge is -2.38. The van der Waals surface area contributed by atoms with Gasteiger partial charge in [-0.25, -0.2) is 0 Å². The van der Waals surface area contributed by atoms with Crippen LogP contribution in [-0.4, -0.2) is 38.1 Å². The Balaban J connectivity index is 1.48. The molecule has 0 bridgehead atoms. The first-order chi connectivity index (χ1) is 19.9. The quantitative estimate of drug-likeness (QED) is 0.168. The van der Waals surface area contributed by atoms with E-state index in [4.69, 9.17) is 9.47 Å². The first-order valence-electron chi connectivity index (χ1n) is 15.1. The fourth-order valence-corrected chi connectivity index (χ4v) is 6.23. The van der Waals surface area contributed by atoms with Crippen LogP contribution < -0.4 is 10.6 Å². The van der Waals surface area contributed by atoms with E-state index in [1.807, 2.05) is 37.3 Å². The van der Waals surface area contributed by atoms with Crippen LogP contribution in [0.5, 0.6) is 0 Å². The smallest absolute Gasteiger partial charge is 0.306 e. The lowest BCUT2D eigenvalue weighted by molar-refractivity contribution is -0.165. The van der Waals surface area contributed by atoms with Gasteiger partial charge in [0.05, 0.1) is 0 Å². The molecule has 2 fully saturated rings. The predicted molar refractivity (Wildman–Crippen MR) is 163 cm³/mol. The van der Waals surface area contributed by atoms with Crippen LogP contribution in [-0.2, 0) is 30.3 Å². The molecule has 0 amide bonds. The topological polar surface area (TPSA) is 76.7 Å². The number of carbonyl (C=O) groups excluding carboxylic acids is 2. The fourth-order valence-electron chi connectivity index (χ4n) is 6.23. The number of hydrogen-bond acceptors (Lipinski definition) is 6. The summed E-state index contributed by atoms with van der Waals surface area (Å²) in [7, 11) is 0. The summed E-state index contributed by atoms with van der Waals surface area (Å²) < 4.78 is 12.5. The molecule has 6 nitrogen and oxygen atoms in total. The van der Waals surface area contributed by atoms with Gasteiger partial charge in [0, 0.05) is 44.4 Å². The number of carbonyl (C=O) groups is 2. The minimum Gasteiger partial charge on any atom is -0.454 e. The van der Waals surface area contributed by atoms with E-state index in [1.165, 1.54) is 0 Å². The van der Waals surface area contributed by atoms with Crippen LogP contribution in [0.2, 0.25) is 0 Å². The zero-order valence-electron chi connectivity index (χ0n) is 24.6. The molecule has 2 aliphatic heterocycles. The SMILES string of the molecule is C=CCCCC(=O)OC1(c2cccc(C(CCC(=O)OC3(c4ccccc4)CCNCC3)C(=C)C)c2)CCNCC1. The van der Waals surface area contributed by atoms with E-state index in [1.54, 1.807) is 0 Å². The average Bonchev–Trinajstić information content (AvgIpc) is 2.99. The third-order valence-corrected chi connectivity index (χ3v) is 8.58. The van der Waals surface area contributed by atoms with Gasteiger partial charge in [0.15, 0.2) is 0 Å². The monoisotopic (exact) mass is 558 g/mol. The van der Waals surface area contributed by atoms with Crippen molar-refractivity contribution < 1.29 is 19.1 Å². The second kappa shape index (κ2) is 14.6. The third kappa shape index (κ3) is 7.96. The Kier molecular flexibility index (Phi) is 10.9. The molecule has 0 saturated carbocycles. The van der Waals surface area contributed by atoms with E-state index in [-0.39, 0.29) is 17.9 Å². The van der Waals surface area contributed by atoms with Gasteiger partial charge < -0.3 is 20.1 Å². The van der Waals surface area contributed by atoms with Gasteiger partial charge in [0.2, 0.25) is 0 Å². The van der Waals surface area contributed by atoms with E-state index in [0.717, 1.165) is 87.0 Å². The molecular weight excluding hydrogens is 512 g/mol. The number of ether oxygens (including phenoxy) is 2. The summed E-state index contributed by atoms with van der Waals surface area (Å²) in [5.41, 5.74) is 2.92. The van der Waals surface area contributed by atoms with Crippen molar-refractivity contribution in [1.29, 1.82) is 0 Å². The van der Waals surface area contributed by atoms with Crippen LogP contribution in [0.25, 0.3) is 0 Å². The van der Waals surface area contributed by atoms with Crippen LogP contribution in [0, 0.1) is 0 Å². The van der Waals surface area contributed by atoms with Gasteiger partial charge >= 0.3 is 11.9 Å². The predicted octanol–water partition coefficient (Wildman–Crippen LogP) is 6.43. The molecule has 6 heteroatoms. The van der Waals surface area contributed by atoms with Gasteiger partial charge in [-0.05, 0) is 69.1 Å². The number of rotatable bonds is 13. The molecule has 2 saturated heterocycles. The molecule has 2 N–H and O–H groups in total. The molecule has 220 valence electrons. The van der Waals surface area contributed by atoms with E-state index in [2.05, 4.69) is 54.1 Å². The summed E-state index contributed by atoms with van der Waals surface area (Å²) in [4.78, 5) is 26.1. The number of unbranched alkanes of at least 4 members (excludes halogenated alkanes) is 1. The van der Waals surface area contributed by atoms with Crippen molar-refractivity contribution in [3.63, 3.8) is 0 Å². The van der Waals surface area contributed by atoms with Crippen molar-refractivity contribution >= 4 is 11.9 Å². The molecule has 1 atom stereocenters. The number of esters is 2. The van der Waals surface area contributed by atoms with E-state index in [0.29, 0.717) is 19.3 Å². The highest BCUT2D eigenvalue weighted by Crippen LogP contribution is 2.39. The van der Waals surface area contributed by atoms with E-state index in [9.17, 15) is 9.59 Å². The molecule has 41 heavy (non-hydrogen) atoms. The molecular formula is C35H46N2O4. The maximum absolute atomic E-state index is 13.3. The lowest BCUT2D eigenvalue weighted by Crippen LogP contribution is -2.43. The molecule has 2 heterocycles. The van der Waals surface area contributed by atoms with Gasteiger partial charge in [-0.2, -0.15) is 0 Å². The second-order valence-corrected chi connectivity index (χ2v) is 11.5. The largest absolute Gasteiger partial charge is 0.454 e. The Hall–Kier alpha value is -3.22. The maximum Gasteiger partial charge on any atom is 0.306 e. The minimum atomic E-state index is -0.651. The van der Waals surface area contributed by atoms with E-state index >= 15 is 0 Å². The Labute approximate surface area is 245 Å². The Bertz CT molecular complexity index is 1180. The van der Waals surface area contributed by atoms with Crippen molar-refractivity contribution in [2.75, 3.05) is 26.2 Å². The molecule has 0 aliphatic carbocycles. The van der Waals surface area contributed by atoms with Gasteiger partial charge in [-0.15, -0.1) is 6.58 Å². The second-order valence-electron chi connectivity index (χ2n) is 11.5. The zero-order chi connectivity index (χ0) is 29.1. The molecule has 0 radical (unpaired) electrons. The van der Waals surface area contributed by atoms with Crippen molar-refractivity contribution in [1.82, 2.24) is 10.6 Å². The van der Waals surface area contributed by atoms with Crippen molar-refractivity contribution in [2.45, 2.75) is 81.8 Å². The standard InChI is InChI=1S/C35H46N2O4/c1-4-5-7-15-32(38)40-35(20-24-37-25-21-35)30-14-10-11-28(26-30)31(27(2)3)16-17-33(39)41-34(18-22-36-23-19-34)29-12-8-6-9-13-29/h4,6,8-14,26,31,36-37H,1-2,5,7,15-25H2,3H3. The Morgan fingerprint density at radius 3 is 2.00 bits per heavy atom. The van der Waals surface area contributed by atoms with Crippen LogP contribution in [0.3, 0.4) is 0 Å². The summed E-state index contributed by atoms with van der Waals surface area (Å²) in [6.45, 7) is 13.3. The molecule has 2 aromatic carbocycles. The zero-order valence-corrected chi connectivity index (χ0v) is 24.6. The van der Waals surface area contributed by atoms with Crippen LogP contribution >= 0.6 is 0 Å². The van der Waals surface area contributed by atoms with Gasteiger partial charge in [0.1, 0.15) is 11.2 Å². The highest BCUT2D eigenvalue weighted by molar-refractivity contribution is 5.71. The van der Waals surface area contributed by atoms with Gasteiger partial charge in [-0.1, -0.05) is 72.8 Å². The summed E-state index contributed by atoms with van der Waals surface area (Å²) >= 11 is 0. The molecule has 0 aromatic heterocycles. The normalized spacial score (nSPS) is 18.6. The van der Waals surface area contributed by atoms with E-state index < -0.39 is 11.2 Å². The van der Waals surface area contributed by atoms with Crippen molar-refractivity contribution in [3.8, 4) is 0 Å². The number of piperidine rings is 2. The number of benzene rings is 2. The minimum absolute atomic E-state index is 0.00902. The molecule has 4 rings (SSSR count). The highest BCUT2D eigenvalue weighted by atomic mass is 16.6. The molecule has 2 aliphatic rings. The fraction of sp³-hybridized carbons (Fsp3) is 0.486. The number of allylic oxidation sites excluding steroid dienone is 2. The maximum atomic E-state index is 13.3. The van der Waals surface area contributed by atoms with Crippen LogP contribution in [0.4, 0.5) is 0 Å².